The molecule has 12 rings (SSSR count). The van der Waals surface area contributed by atoms with Crippen LogP contribution in [0.2, 0.25) is 0 Å². The Labute approximate surface area is 326 Å². The molecule has 0 aliphatic carbocycles. The molecule has 4 aromatic heterocycles. The van der Waals surface area contributed by atoms with Gasteiger partial charge in [0.2, 0.25) is 5.95 Å². The first kappa shape index (κ1) is 31.5. The Morgan fingerprint density at radius 1 is 0.351 bits per heavy atom. The largest absolute Gasteiger partial charge is 0.456 e. The summed E-state index contributed by atoms with van der Waals surface area (Å²) in [6.45, 7) is 0. The quantitative estimate of drug-likeness (QED) is 0.177. The third-order valence-electron chi connectivity index (χ3n) is 11.2. The number of rotatable bonds is 5. The minimum Gasteiger partial charge on any atom is -0.456 e. The molecule has 0 aliphatic heterocycles. The van der Waals surface area contributed by atoms with Crippen LogP contribution in [0, 0.1) is 0 Å². The molecule has 12 aromatic rings. The molecule has 0 aliphatic rings. The van der Waals surface area contributed by atoms with E-state index in [0.29, 0.717) is 17.6 Å². The minimum absolute atomic E-state index is 0.544. The molecule has 0 unspecified atom stereocenters. The summed E-state index contributed by atoms with van der Waals surface area (Å²) in [5.74, 6) is 1.70. The predicted molar refractivity (Wildman–Crippen MR) is 232 cm³/mol. The lowest BCUT2D eigenvalue weighted by molar-refractivity contribution is 0.669. The first-order valence-electron chi connectivity index (χ1n) is 19.1. The molecule has 0 bridgehead atoms. The summed E-state index contributed by atoms with van der Waals surface area (Å²) in [7, 11) is 0. The molecule has 0 N–H and O–H groups in total. The van der Waals surface area contributed by atoms with E-state index in [4.69, 9.17) is 19.4 Å². The highest BCUT2D eigenvalue weighted by Crippen LogP contribution is 2.41. The van der Waals surface area contributed by atoms with Crippen molar-refractivity contribution in [1.29, 1.82) is 0 Å². The monoisotopic (exact) mass is 729 g/mol. The van der Waals surface area contributed by atoms with E-state index in [2.05, 4.69) is 155 Å². The molecule has 0 saturated heterocycles. The molecular formula is C51H31N5O. The van der Waals surface area contributed by atoms with E-state index in [1.165, 1.54) is 10.8 Å². The number of nitrogens with zero attached hydrogens (tertiary/aromatic N) is 5. The number of fused-ring (bicyclic) bond motifs is 9. The molecule has 0 atom stereocenters. The summed E-state index contributed by atoms with van der Waals surface area (Å²) in [6, 6.07) is 65.5. The van der Waals surface area contributed by atoms with Gasteiger partial charge in [-0.25, -0.2) is 4.98 Å². The molecule has 57 heavy (non-hydrogen) atoms. The van der Waals surface area contributed by atoms with Gasteiger partial charge in [-0.05, 0) is 65.7 Å². The van der Waals surface area contributed by atoms with Crippen LogP contribution in [0.1, 0.15) is 0 Å². The minimum atomic E-state index is 0.544. The van der Waals surface area contributed by atoms with Gasteiger partial charge in [-0.15, -0.1) is 0 Å². The molecule has 0 amide bonds. The lowest BCUT2D eigenvalue weighted by Crippen LogP contribution is -2.06. The van der Waals surface area contributed by atoms with Crippen molar-refractivity contribution >= 4 is 65.6 Å². The van der Waals surface area contributed by atoms with Crippen LogP contribution in [0.4, 0.5) is 0 Å². The summed E-state index contributed by atoms with van der Waals surface area (Å²) in [5, 5.41) is 6.81. The summed E-state index contributed by atoms with van der Waals surface area (Å²) in [6.07, 6.45) is 0. The van der Waals surface area contributed by atoms with Crippen LogP contribution < -0.4 is 0 Å². The summed E-state index contributed by atoms with van der Waals surface area (Å²) < 4.78 is 11.1. The zero-order valence-electron chi connectivity index (χ0n) is 30.5. The third-order valence-corrected chi connectivity index (χ3v) is 11.2. The molecule has 0 saturated carbocycles. The second-order valence-electron chi connectivity index (χ2n) is 14.4. The average molecular weight is 730 g/mol. The van der Waals surface area contributed by atoms with Crippen LogP contribution in [0.3, 0.4) is 0 Å². The van der Waals surface area contributed by atoms with Crippen molar-refractivity contribution in [3.8, 4) is 45.5 Å². The molecular weight excluding hydrogens is 699 g/mol. The van der Waals surface area contributed by atoms with Gasteiger partial charge in [0.15, 0.2) is 11.6 Å². The van der Waals surface area contributed by atoms with Crippen molar-refractivity contribution in [3.05, 3.63) is 188 Å². The van der Waals surface area contributed by atoms with Crippen LogP contribution in [-0.4, -0.2) is 24.1 Å². The van der Waals surface area contributed by atoms with Gasteiger partial charge in [-0.3, -0.25) is 4.57 Å². The Morgan fingerprint density at radius 2 is 0.947 bits per heavy atom. The Balaban J connectivity index is 1.12. The van der Waals surface area contributed by atoms with E-state index in [1.807, 2.05) is 42.5 Å². The lowest BCUT2D eigenvalue weighted by atomic mass is 9.99. The van der Waals surface area contributed by atoms with Crippen LogP contribution in [0.5, 0.6) is 0 Å². The van der Waals surface area contributed by atoms with Crippen molar-refractivity contribution in [2.75, 3.05) is 0 Å². The standard InChI is InChI=1S/C51H31N5O/c1-4-15-32(16-5-1)36-23-14-26-46-48(36)39-28-27-34(29-47(39)57-46)50-52-49(33-17-6-2-7-18-33)53-51(54-50)56-43-25-13-11-22-38(43)41-30-40-37-21-10-12-24-42(37)55(44(40)31-45(41)56)35-19-8-3-9-20-35/h1-31H. The van der Waals surface area contributed by atoms with Gasteiger partial charge in [0.1, 0.15) is 11.2 Å². The molecule has 0 fully saturated rings. The fourth-order valence-corrected chi connectivity index (χ4v) is 8.64. The van der Waals surface area contributed by atoms with Gasteiger partial charge in [-0.2, -0.15) is 9.97 Å². The summed E-state index contributed by atoms with van der Waals surface area (Å²) in [5.41, 5.74) is 11.1. The number of benzene rings is 8. The zero-order valence-corrected chi connectivity index (χ0v) is 30.5. The highest BCUT2D eigenvalue weighted by Gasteiger charge is 2.22. The molecule has 8 aromatic carbocycles. The van der Waals surface area contributed by atoms with Gasteiger partial charge in [0, 0.05) is 49.1 Å². The molecule has 0 radical (unpaired) electrons. The van der Waals surface area contributed by atoms with Crippen LogP contribution in [0.15, 0.2) is 192 Å². The second-order valence-corrected chi connectivity index (χ2v) is 14.4. The maximum absolute atomic E-state index is 6.54. The van der Waals surface area contributed by atoms with Crippen LogP contribution in [0.25, 0.3) is 111 Å². The van der Waals surface area contributed by atoms with E-state index in [-0.39, 0.29) is 0 Å². The van der Waals surface area contributed by atoms with Crippen LogP contribution in [-0.2, 0) is 0 Å². The number of aromatic nitrogens is 5. The SMILES string of the molecule is c1ccc(-c2nc(-c3ccc4c(c3)oc3cccc(-c5ccccc5)c34)nc(-n3c4ccccc4c4cc5c6ccccc6n(-c6ccccc6)c5cc43)n2)cc1. The first-order chi connectivity index (χ1) is 28.3. The van der Waals surface area contributed by atoms with E-state index >= 15 is 0 Å². The van der Waals surface area contributed by atoms with Crippen molar-refractivity contribution in [2.45, 2.75) is 0 Å². The number of furan rings is 1. The van der Waals surface area contributed by atoms with Crippen molar-refractivity contribution < 1.29 is 4.42 Å². The Hall–Kier alpha value is -7.83. The Bertz CT molecular complexity index is 3510. The van der Waals surface area contributed by atoms with Gasteiger partial charge < -0.3 is 8.98 Å². The second kappa shape index (κ2) is 12.3. The van der Waals surface area contributed by atoms with E-state index in [1.54, 1.807) is 0 Å². The van der Waals surface area contributed by atoms with Gasteiger partial charge >= 0.3 is 0 Å². The lowest BCUT2D eigenvalue weighted by Gasteiger charge is -2.11. The van der Waals surface area contributed by atoms with Gasteiger partial charge in [0.25, 0.3) is 0 Å². The van der Waals surface area contributed by atoms with Crippen LogP contribution >= 0.6 is 0 Å². The van der Waals surface area contributed by atoms with E-state index < -0.39 is 0 Å². The average Bonchev–Trinajstić information content (AvgIpc) is 3.93. The smallest absolute Gasteiger partial charge is 0.238 e. The van der Waals surface area contributed by atoms with E-state index in [9.17, 15) is 0 Å². The zero-order chi connectivity index (χ0) is 37.5. The number of hydrogen-bond acceptors (Lipinski definition) is 4. The van der Waals surface area contributed by atoms with Gasteiger partial charge in [-0.1, -0.05) is 133 Å². The van der Waals surface area contributed by atoms with Crippen molar-refractivity contribution in [2.24, 2.45) is 0 Å². The molecule has 0 spiro atoms. The topological polar surface area (TPSA) is 61.7 Å². The molecule has 6 nitrogen and oxygen atoms in total. The fraction of sp³-hybridized carbons (Fsp3) is 0. The third kappa shape index (κ3) is 4.87. The first-order valence-corrected chi connectivity index (χ1v) is 19.1. The van der Waals surface area contributed by atoms with Gasteiger partial charge in [0.05, 0.1) is 22.1 Å². The Morgan fingerprint density at radius 3 is 1.67 bits per heavy atom. The molecule has 6 heteroatoms. The normalized spacial score (nSPS) is 11.9. The number of hydrogen-bond donors (Lipinski definition) is 0. The highest BCUT2D eigenvalue weighted by molar-refractivity contribution is 6.19. The van der Waals surface area contributed by atoms with E-state index in [0.717, 1.165) is 82.7 Å². The predicted octanol–water partition coefficient (Wildman–Crippen LogP) is 13.0. The number of para-hydroxylation sites is 3. The maximum Gasteiger partial charge on any atom is 0.238 e. The summed E-state index contributed by atoms with van der Waals surface area (Å²) >= 11 is 0. The highest BCUT2D eigenvalue weighted by atomic mass is 16.3. The molecule has 266 valence electrons. The van der Waals surface area contributed by atoms with Crippen molar-refractivity contribution in [1.82, 2.24) is 24.1 Å². The van der Waals surface area contributed by atoms with Crippen molar-refractivity contribution in [3.63, 3.8) is 0 Å². The Kier molecular flexibility index (Phi) is 6.83. The molecule has 4 heterocycles. The fourth-order valence-electron chi connectivity index (χ4n) is 8.64. The maximum atomic E-state index is 6.54. The summed E-state index contributed by atoms with van der Waals surface area (Å²) in [4.78, 5) is 15.6.